The molecule has 0 aliphatic rings. The lowest BCUT2D eigenvalue weighted by Crippen LogP contribution is -2.18. The van der Waals surface area contributed by atoms with E-state index >= 15 is 0 Å². The van der Waals surface area contributed by atoms with Crippen LogP contribution in [-0.4, -0.2) is 10.1 Å². The summed E-state index contributed by atoms with van der Waals surface area (Å²) in [6.45, 7) is 0. The summed E-state index contributed by atoms with van der Waals surface area (Å²) in [6, 6.07) is 17.2. The number of nitrogens with one attached hydrogen (secondary N) is 2. The van der Waals surface area contributed by atoms with Crippen molar-refractivity contribution in [2.24, 2.45) is 0 Å². The van der Waals surface area contributed by atoms with Gasteiger partial charge in [-0.3, -0.25) is 10.3 Å². The maximum absolute atomic E-state index is 10.6. The van der Waals surface area contributed by atoms with Gasteiger partial charge in [-0.1, -0.05) is 18.2 Å². The Kier molecular flexibility index (Phi) is 3.84. The highest BCUT2D eigenvalue weighted by atomic mass is 32.1. The summed E-state index contributed by atoms with van der Waals surface area (Å²) in [4.78, 5) is 8.73. The molecule has 5 heteroatoms. The van der Waals surface area contributed by atoms with Crippen molar-refractivity contribution in [2.45, 2.75) is 6.04 Å². The van der Waals surface area contributed by atoms with Crippen LogP contribution < -0.4 is 10.3 Å². The number of benzene rings is 1. The molecule has 0 fully saturated rings. The van der Waals surface area contributed by atoms with Gasteiger partial charge in [0.1, 0.15) is 5.75 Å². The Morgan fingerprint density at radius 3 is 2.79 bits per heavy atom. The minimum atomic E-state index is -0.170. The van der Waals surface area contributed by atoms with E-state index in [1.54, 1.807) is 23.6 Å². The molecule has 24 heavy (non-hydrogen) atoms. The maximum Gasteiger partial charge on any atom is 0.272 e. The van der Waals surface area contributed by atoms with Gasteiger partial charge in [-0.25, -0.2) is 4.98 Å². The number of H-pyrrole nitrogens is 1. The minimum Gasteiger partial charge on any atom is -0.507 e. The monoisotopic (exact) mass is 334 g/mol. The molecule has 0 saturated heterocycles. The number of phenols is 1. The van der Waals surface area contributed by atoms with Gasteiger partial charge in [-0.2, -0.15) is 0 Å². The summed E-state index contributed by atoms with van der Waals surface area (Å²) in [5.74, 6) is 1.15. The number of aromatic hydroxyl groups is 1. The molecule has 3 heterocycles. The number of aromatic amines is 1. The highest BCUT2D eigenvalue weighted by Crippen LogP contribution is 2.38. The van der Waals surface area contributed by atoms with Crippen LogP contribution in [0.1, 0.15) is 16.5 Å². The molecule has 4 rings (SSSR count). The molecule has 0 spiro atoms. The number of anilines is 1. The minimum absolute atomic E-state index is 0.170. The highest BCUT2D eigenvalue weighted by molar-refractivity contribution is 7.10. The largest absolute Gasteiger partial charge is 0.507 e. The third-order valence-corrected chi connectivity index (χ3v) is 4.87. The second-order valence-corrected chi connectivity index (χ2v) is 6.42. The number of hydrogen-bond donors (Lipinski definition) is 2. The average molecular weight is 334 g/mol. The lowest BCUT2D eigenvalue weighted by molar-refractivity contribution is -0.361. The molecule has 0 unspecified atom stereocenters. The number of phenolic OH excluding ortho intramolecular Hbond substituents is 1. The number of hydrogen-bond acceptors (Lipinski definition) is 4. The Morgan fingerprint density at radius 2 is 2.00 bits per heavy atom. The van der Waals surface area contributed by atoms with Crippen molar-refractivity contribution in [2.75, 3.05) is 5.32 Å². The Hall–Kier alpha value is -2.92. The van der Waals surface area contributed by atoms with E-state index in [-0.39, 0.29) is 11.8 Å². The van der Waals surface area contributed by atoms with Crippen molar-refractivity contribution in [1.29, 1.82) is 0 Å². The summed E-state index contributed by atoms with van der Waals surface area (Å²) in [6.07, 6.45) is 3.64. The van der Waals surface area contributed by atoms with Crippen LogP contribution in [0.3, 0.4) is 0 Å². The van der Waals surface area contributed by atoms with E-state index in [0.717, 1.165) is 27.2 Å². The van der Waals surface area contributed by atoms with Crippen molar-refractivity contribution >= 4 is 28.1 Å². The molecule has 1 atom stereocenters. The zero-order valence-electron chi connectivity index (χ0n) is 12.8. The second-order valence-electron chi connectivity index (χ2n) is 5.44. The molecule has 3 aromatic heterocycles. The molecule has 0 aliphatic heterocycles. The van der Waals surface area contributed by atoms with Gasteiger partial charge in [-0.15, -0.1) is 11.3 Å². The Bertz CT molecular complexity index is 955. The van der Waals surface area contributed by atoms with Gasteiger partial charge in [0, 0.05) is 17.6 Å². The fourth-order valence-corrected chi connectivity index (χ4v) is 3.63. The standard InChI is InChI=1S/C19H15N3OS/c23-15-9-8-14-13(5-3-11-20-14)18(15)19(16-6-4-12-24-16)22-17-7-1-2-10-21-17/h1-12,19,23H,(H,21,22)/p+1/t19-/m1/s1. The maximum atomic E-state index is 10.6. The van der Waals surface area contributed by atoms with E-state index in [0.29, 0.717) is 0 Å². The van der Waals surface area contributed by atoms with E-state index in [1.165, 1.54) is 0 Å². The number of nitrogens with zero attached hydrogens (tertiary/aromatic N) is 1. The number of thiophene rings is 1. The van der Waals surface area contributed by atoms with Crippen LogP contribution in [0.4, 0.5) is 5.82 Å². The highest BCUT2D eigenvalue weighted by Gasteiger charge is 2.25. The number of aromatic nitrogens is 2. The first-order valence-electron chi connectivity index (χ1n) is 7.66. The third kappa shape index (κ3) is 2.70. The van der Waals surface area contributed by atoms with E-state index in [9.17, 15) is 5.11 Å². The van der Waals surface area contributed by atoms with Gasteiger partial charge in [0.2, 0.25) is 0 Å². The van der Waals surface area contributed by atoms with E-state index < -0.39 is 0 Å². The molecule has 0 radical (unpaired) electrons. The van der Waals surface area contributed by atoms with Crippen molar-refractivity contribution < 1.29 is 10.1 Å². The summed E-state index contributed by atoms with van der Waals surface area (Å²) in [5, 5.41) is 17.1. The lowest BCUT2D eigenvalue weighted by Gasteiger charge is -2.17. The zero-order chi connectivity index (χ0) is 16.4. The average Bonchev–Trinajstić information content (AvgIpc) is 3.15. The van der Waals surface area contributed by atoms with Crippen LogP contribution in [0, 0.1) is 0 Å². The van der Waals surface area contributed by atoms with Gasteiger partial charge in [0.25, 0.3) is 5.82 Å². The summed E-state index contributed by atoms with van der Waals surface area (Å²) < 4.78 is 0. The molecule has 3 N–H and O–H groups in total. The smallest absolute Gasteiger partial charge is 0.272 e. The molecule has 0 aliphatic carbocycles. The summed E-state index contributed by atoms with van der Waals surface area (Å²) in [7, 11) is 0. The normalized spacial score (nSPS) is 12.2. The molecular formula is C19H16N3OS+. The molecule has 118 valence electrons. The number of rotatable bonds is 4. The number of fused-ring (bicyclic) bond motifs is 1. The van der Waals surface area contributed by atoms with Crippen LogP contribution in [0.15, 0.2) is 72.4 Å². The van der Waals surface area contributed by atoms with Crippen molar-refractivity contribution in [1.82, 2.24) is 4.98 Å². The summed E-state index contributed by atoms with van der Waals surface area (Å²) >= 11 is 1.65. The fourth-order valence-electron chi connectivity index (χ4n) is 2.85. The quantitative estimate of drug-likeness (QED) is 0.593. The molecule has 4 aromatic rings. The number of pyridine rings is 2. The molecule has 0 saturated carbocycles. The van der Waals surface area contributed by atoms with Crippen molar-refractivity contribution in [3.8, 4) is 5.75 Å². The topological polar surface area (TPSA) is 59.3 Å². The van der Waals surface area contributed by atoms with Crippen LogP contribution >= 0.6 is 11.3 Å². The second kappa shape index (κ2) is 6.29. The Balaban J connectivity index is 1.90. The van der Waals surface area contributed by atoms with E-state index in [1.807, 2.05) is 54.0 Å². The molecule has 1 aromatic carbocycles. The van der Waals surface area contributed by atoms with Crippen molar-refractivity contribution in [3.05, 3.63) is 82.8 Å². The van der Waals surface area contributed by atoms with E-state index in [2.05, 4.69) is 21.4 Å². The lowest BCUT2D eigenvalue weighted by atomic mass is 9.98. The van der Waals surface area contributed by atoms with Gasteiger partial charge in [0.15, 0.2) is 6.04 Å². The summed E-state index contributed by atoms with van der Waals surface area (Å²) in [5.41, 5.74) is 1.70. The zero-order valence-corrected chi connectivity index (χ0v) is 13.6. The first-order chi connectivity index (χ1) is 11.8. The molecule has 0 bridgehead atoms. The Labute approximate surface area is 143 Å². The van der Waals surface area contributed by atoms with Gasteiger partial charge >= 0.3 is 0 Å². The third-order valence-electron chi connectivity index (χ3n) is 3.93. The fraction of sp³-hybridized carbons (Fsp3) is 0.0526. The predicted octanol–water partition coefficient (Wildman–Crippen LogP) is 4.02. The Morgan fingerprint density at radius 1 is 1.04 bits per heavy atom. The van der Waals surface area contributed by atoms with Crippen molar-refractivity contribution in [3.63, 3.8) is 0 Å². The predicted molar refractivity (Wildman–Crippen MR) is 96.2 cm³/mol. The SMILES string of the molecule is Oc1ccc2ncccc2c1[C@H](Nc1cccc[nH+]1)c1cccs1. The first kappa shape index (κ1) is 14.7. The molecule has 0 amide bonds. The van der Waals surface area contributed by atoms with Crippen LogP contribution in [0.2, 0.25) is 0 Å². The van der Waals surface area contributed by atoms with Crippen LogP contribution in [0.25, 0.3) is 10.9 Å². The van der Waals surface area contributed by atoms with Crippen LogP contribution in [-0.2, 0) is 0 Å². The van der Waals surface area contributed by atoms with Crippen LogP contribution in [0.5, 0.6) is 5.75 Å². The first-order valence-corrected chi connectivity index (χ1v) is 8.54. The van der Waals surface area contributed by atoms with Gasteiger partial charge in [-0.05, 0) is 35.7 Å². The molecule has 4 nitrogen and oxygen atoms in total. The van der Waals surface area contributed by atoms with Gasteiger partial charge in [0.05, 0.1) is 22.2 Å². The van der Waals surface area contributed by atoms with Gasteiger partial charge < -0.3 is 5.11 Å². The van der Waals surface area contributed by atoms with E-state index in [4.69, 9.17) is 0 Å². The molecular weight excluding hydrogens is 318 g/mol.